The maximum absolute atomic E-state index is 13.3. The van der Waals surface area contributed by atoms with Gasteiger partial charge in [-0.3, -0.25) is 9.59 Å². The fourth-order valence-corrected chi connectivity index (χ4v) is 5.58. The molecule has 3 aliphatic rings. The molecule has 0 saturated carbocycles. The number of rotatable bonds is 2. The molecule has 7 nitrogen and oxygen atoms in total. The Labute approximate surface area is 176 Å². The number of aromatic amines is 1. The molecule has 1 spiro atoms. The minimum atomic E-state index is -0.702. The molecule has 0 bridgehead atoms. The fraction of sp³-hybridized carbons (Fsp3) is 0.522. The second kappa shape index (κ2) is 7.54. The van der Waals surface area contributed by atoms with E-state index in [2.05, 4.69) is 34.2 Å². The van der Waals surface area contributed by atoms with Gasteiger partial charge in [0.15, 0.2) is 0 Å². The first-order valence-electron chi connectivity index (χ1n) is 10.9. The molecule has 30 heavy (non-hydrogen) atoms. The van der Waals surface area contributed by atoms with Crippen LogP contribution in [-0.4, -0.2) is 69.0 Å². The van der Waals surface area contributed by atoms with Gasteiger partial charge in [-0.15, -0.1) is 0 Å². The second-order valence-electron chi connectivity index (χ2n) is 8.94. The van der Waals surface area contributed by atoms with Crippen molar-refractivity contribution in [2.24, 2.45) is 5.92 Å². The maximum Gasteiger partial charge on any atom is 0.271 e. The maximum atomic E-state index is 13.3. The molecule has 2 amide bonds. The van der Waals surface area contributed by atoms with Crippen LogP contribution in [0.1, 0.15) is 47.3 Å². The summed E-state index contributed by atoms with van der Waals surface area (Å²) in [4.78, 5) is 36.2. The van der Waals surface area contributed by atoms with Crippen molar-refractivity contribution in [1.29, 1.82) is 0 Å². The first-order valence-corrected chi connectivity index (χ1v) is 10.9. The number of aromatic nitrogens is 2. The SMILES string of the molecule is O=C(c1cnc[nH]1)N1CC[C@@H](O)[C@@H](C(=O)N2CCC3(CCc4ccccc43)CC2)C1. The molecular formula is C23H28N4O3. The molecule has 2 aliphatic heterocycles. The number of piperidine rings is 2. The molecule has 2 atom stereocenters. The number of aliphatic hydroxyl groups excluding tert-OH is 1. The normalized spacial score (nSPS) is 25.4. The number of amides is 2. The number of hydrogen-bond acceptors (Lipinski definition) is 4. The van der Waals surface area contributed by atoms with Gasteiger partial charge in [0.05, 0.1) is 24.5 Å². The van der Waals surface area contributed by atoms with E-state index < -0.39 is 12.0 Å². The highest BCUT2D eigenvalue weighted by Gasteiger charge is 2.44. The number of likely N-dealkylation sites (tertiary alicyclic amines) is 2. The van der Waals surface area contributed by atoms with Gasteiger partial charge < -0.3 is 19.9 Å². The number of carbonyl (C=O) groups is 2. The number of carbonyl (C=O) groups excluding carboxylic acids is 2. The van der Waals surface area contributed by atoms with Crippen molar-refractivity contribution in [3.63, 3.8) is 0 Å². The van der Waals surface area contributed by atoms with Gasteiger partial charge in [-0.25, -0.2) is 4.98 Å². The van der Waals surface area contributed by atoms with E-state index in [4.69, 9.17) is 0 Å². The van der Waals surface area contributed by atoms with E-state index in [0.717, 1.165) is 25.7 Å². The van der Waals surface area contributed by atoms with Crippen LogP contribution in [0.15, 0.2) is 36.8 Å². The third-order valence-electron chi connectivity index (χ3n) is 7.40. The van der Waals surface area contributed by atoms with Gasteiger partial charge in [0, 0.05) is 26.2 Å². The molecule has 2 aromatic rings. The first-order chi connectivity index (χ1) is 14.6. The largest absolute Gasteiger partial charge is 0.392 e. The van der Waals surface area contributed by atoms with Crippen molar-refractivity contribution in [3.8, 4) is 0 Å². The Morgan fingerprint density at radius 3 is 2.67 bits per heavy atom. The molecule has 0 unspecified atom stereocenters. The van der Waals surface area contributed by atoms with E-state index >= 15 is 0 Å². The Morgan fingerprint density at radius 2 is 1.90 bits per heavy atom. The lowest BCUT2D eigenvalue weighted by molar-refractivity contribution is -0.143. The highest BCUT2D eigenvalue weighted by Crippen LogP contribution is 2.46. The summed E-state index contributed by atoms with van der Waals surface area (Å²) in [5, 5.41) is 10.5. The predicted molar refractivity (Wildman–Crippen MR) is 111 cm³/mol. The van der Waals surface area contributed by atoms with Crippen molar-refractivity contribution in [1.82, 2.24) is 19.8 Å². The minimum absolute atomic E-state index is 0.0225. The van der Waals surface area contributed by atoms with Crippen LogP contribution in [0.4, 0.5) is 0 Å². The molecule has 0 radical (unpaired) electrons. The highest BCUT2D eigenvalue weighted by atomic mass is 16.3. The Bertz CT molecular complexity index is 934. The molecule has 3 heterocycles. The number of nitrogens with zero attached hydrogens (tertiary/aromatic N) is 3. The number of benzene rings is 1. The van der Waals surface area contributed by atoms with Gasteiger partial charge in [-0.05, 0) is 48.6 Å². The quantitative estimate of drug-likeness (QED) is 0.792. The van der Waals surface area contributed by atoms with E-state index in [1.165, 1.54) is 23.7 Å². The number of hydrogen-bond donors (Lipinski definition) is 2. The van der Waals surface area contributed by atoms with Crippen molar-refractivity contribution in [3.05, 3.63) is 53.6 Å². The summed E-state index contributed by atoms with van der Waals surface area (Å²) in [5.41, 5.74) is 3.53. The summed E-state index contributed by atoms with van der Waals surface area (Å²) in [6.07, 6.45) is 6.90. The van der Waals surface area contributed by atoms with Crippen molar-refractivity contribution in [2.45, 2.75) is 43.6 Å². The number of aliphatic hydroxyl groups is 1. The van der Waals surface area contributed by atoms with Gasteiger partial charge >= 0.3 is 0 Å². The second-order valence-corrected chi connectivity index (χ2v) is 8.94. The lowest BCUT2D eigenvalue weighted by Crippen LogP contribution is -2.54. The van der Waals surface area contributed by atoms with E-state index in [0.29, 0.717) is 31.7 Å². The number of imidazole rings is 1. The van der Waals surface area contributed by atoms with Crippen LogP contribution in [0.2, 0.25) is 0 Å². The molecule has 158 valence electrons. The molecule has 1 aromatic carbocycles. The zero-order valence-corrected chi connectivity index (χ0v) is 17.1. The van der Waals surface area contributed by atoms with E-state index in [1.54, 1.807) is 4.90 Å². The Balaban J connectivity index is 1.25. The molecule has 2 fully saturated rings. The summed E-state index contributed by atoms with van der Waals surface area (Å²) in [6, 6.07) is 8.71. The third-order valence-corrected chi connectivity index (χ3v) is 7.40. The van der Waals surface area contributed by atoms with Gasteiger partial charge in [0.2, 0.25) is 5.91 Å². The molecule has 5 rings (SSSR count). The summed E-state index contributed by atoms with van der Waals surface area (Å²) in [7, 11) is 0. The number of nitrogens with one attached hydrogen (secondary N) is 1. The average Bonchev–Trinajstić information content (AvgIpc) is 3.43. The zero-order chi connectivity index (χ0) is 20.7. The molecular weight excluding hydrogens is 380 g/mol. The van der Waals surface area contributed by atoms with Crippen LogP contribution in [0.3, 0.4) is 0 Å². The predicted octanol–water partition coefficient (Wildman–Crippen LogP) is 1.74. The summed E-state index contributed by atoms with van der Waals surface area (Å²) >= 11 is 0. The first kappa shape index (κ1) is 19.3. The van der Waals surface area contributed by atoms with Crippen LogP contribution < -0.4 is 0 Å². The summed E-state index contributed by atoms with van der Waals surface area (Å²) in [6.45, 7) is 2.13. The van der Waals surface area contributed by atoms with Crippen molar-refractivity contribution >= 4 is 11.8 Å². The number of fused-ring (bicyclic) bond motifs is 2. The molecule has 2 saturated heterocycles. The molecule has 1 aliphatic carbocycles. The van der Waals surface area contributed by atoms with E-state index in [1.807, 2.05) is 4.90 Å². The Morgan fingerprint density at radius 1 is 1.10 bits per heavy atom. The van der Waals surface area contributed by atoms with Crippen molar-refractivity contribution < 1.29 is 14.7 Å². The smallest absolute Gasteiger partial charge is 0.271 e. The molecule has 1 aromatic heterocycles. The Kier molecular flexibility index (Phi) is 4.85. The van der Waals surface area contributed by atoms with Gasteiger partial charge in [0.1, 0.15) is 5.69 Å². The standard InChI is InChI=1S/C23H28N4O3/c28-20-6-10-27(22(30)19-13-24-15-25-19)14-17(20)21(29)26-11-8-23(9-12-26)7-5-16-3-1-2-4-18(16)23/h1-4,13,15,17,20,28H,5-12,14H2,(H,24,25)/t17-,20+/m0/s1. The summed E-state index contributed by atoms with van der Waals surface area (Å²) in [5.74, 6) is -0.751. The zero-order valence-electron chi connectivity index (χ0n) is 17.1. The monoisotopic (exact) mass is 408 g/mol. The number of aryl methyl sites for hydroxylation is 1. The van der Waals surface area contributed by atoms with E-state index in [-0.39, 0.29) is 23.8 Å². The Hall–Kier alpha value is -2.67. The van der Waals surface area contributed by atoms with E-state index in [9.17, 15) is 14.7 Å². The average molecular weight is 409 g/mol. The third kappa shape index (κ3) is 3.21. The number of H-pyrrole nitrogens is 1. The van der Waals surface area contributed by atoms with Crippen LogP contribution in [-0.2, 0) is 16.6 Å². The molecule has 7 heteroatoms. The highest BCUT2D eigenvalue weighted by molar-refractivity contribution is 5.92. The van der Waals surface area contributed by atoms with Crippen molar-refractivity contribution in [2.75, 3.05) is 26.2 Å². The lowest BCUT2D eigenvalue weighted by atomic mass is 9.73. The van der Waals surface area contributed by atoms with Gasteiger partial charge in [0.25, 0.3) is 5.91 Å². The van der Waals surface area contributed by atoms with Gasteiger partial charge in [-0.1, -0.05) is 24.3 Å². The van der Waals surface area contributed by atoms with Crippen LogP contribution in [0.5, 0.6) is 0 Å². The minimum Gasteiger partial charge on any atom is -0.392 e. The van der Waals surface area contributed by atoms with Crippen LogP contribution >= 0.6 is 0 Å². The topological polar surface area (TPSA) is 89.5 Å². The van der Waals surface area contributed by atoms with Crippen LogP contribution in [0.25, 0.3) is 0 Å². The van der Waals surface area contributed by atoms with Crippen LogP contribution in [0, 0.1) is 5.92 Å². The lowest BCUT2D eigenvalue weighted by Gasteiger charge is -2.43. The fourth-order valence-electron chi connectivity index (χ4n) is 5.58. The van der Waals surface area contributed by atoms with Gasteiger partial charge in [-0.2, -0.15) is 0 Å². The molecule has 2 N–H and O–H groups in total. The summed E-state index contributed by atoms with van der Waals surface area (Å²) < 4.78 is 0.